The minimum absolute atomic E-state index is 0.187. The van der Waals surface area contributed by atoms with Crippen LogP contribution in [0.3, 0.4) is 0 Å². The molecule has 3 rings (SSSR count). The molecule has 3 aromatic rings. The maximum Gasteiger partial charge on any atom is 0.323 e. The van der Waals surface area contributed by atoms with Gasteiger partial charge in [-0.05, 0) is 42.8 Å². The van der Waals surface area contributed by atoms with Gasteiger partial charge < -0.3 is 9.67 Å². The standard InChI is InChI=1S/C17H12ClFN2O3S/c1-9-5-14-13(7-12(9)19)21(8-15(22)23)17(25-14)20-16(24)10-3-2-4-11(18)6-10/h2-7H,8H2,1H3,(H,22,23)/b20-17-. The highest BCUT2D eigenvalue weighted by Gasteiger charge is 2.13. The van der Waals surface area contributed by atoms with Crippen LogP contribution in [0.2, 0.25) is 5.02 Å². The van der Waals surface area contributed by atoms with E-state index < -0.39 is 24.2 Å². The Kier molecular flexibility index (Phi) is 4.69. The number of carbonyl (C=O) groups excluding carboxylic acids is 1. The average Bonchev–Trinajstić information content (AvgIpc) is 2.84. The molecular formula is C17H12ClFN2O3S. The van der Waals surface area contributed by atoms with Gasteiger partial charge in [0.15, 0.2) is 4.80 Å². The summed E-state index contributed by atoms with van der Waals surface area (Å²) in [7, 11) is 0. The number of benzene rings is 2. The Balaban J connectivity index is 2.20. The number of fused-ring (bicyclic) bond motifs is 1. The van der Waals surface area contributed by atoms with E-state index >= 15 is 0 Å². The van der Waals surface area contributed by atoms with Crippen molar-refractivity contribution in [3.8, 4) is 0 Å². The number of aliphatic carboxylic acids is 1. The molecule has 5 nitrogen and oxygen atoms in total. The van der Waals surface area contributed by atoms with Crippen LogP contribution in [0, 0.1) is 12.7 Å². The molecule has 1 aromatic heterocycles. The third-order valence-electron chi connectivity index (χ3n) is 3.53. The second-order valence-electron chi connectivity index (χ2n) is 5.36. The summed E-state index contributed by atoms with van der Waals surface area (Å²) in [6.45, 7) is 1.19. The molecule has 128 valence electrons. The Morgan fingerprint density at radius 1 is 1.32 bits per heavy atom. The zero-order valence-corrected chi connectivity index (χ0v) is 14.6. The highest BCUT2D eigenvalue weighted by Crippen LogP contribution is 2.22. The fourth-order valence-corrected chi connectivity index (χ4v) is 3.64. The molecular weight excluding hydrogens is 367 g/mol. The van der Waals surface area contributed by atoms with Gasteiger partial charge in [-0.2, -0.15) is 4.99 Å². The number of aryl methyl sites for hydroxylation is 1. The fourth-order valence-electron chi connectivity index (χ4n) is 2.34. The molecule has 0 aliphatic heterocycles. The lowest BCUT2D eigenvalue weighted by Gasteiger charge is -2.02. The molecule has 0 atom stereocenters. The van der Waals surface area contributed by atoms with Crippen LogP contribution in [-0.2, 0) is 11.3 Å². The second-order valence-corrected chi connectivity index (χ2v) is 6.81. The molecule has 2 aromatic carbocycles. The summed E-state index contributed by atoms with van der Waals surface area (Å²) in [6.07, 6.45) is 0. The molecule has 0 radical (unpaired) electrons. The van der Waals surface area contributed by atoms with Gasteiger partial charge in [0.1, 0.15) is 12.4 Å². The molecule has 1 N–H and O–H groups in total. The number of hydrogen-bond acceptors (Lipinski definition) is 3. The van der Waals surface area contributed by atoms with Crippen molar-refractivity contribution in [2.24, 2.45) is 4.99 Å². The molecule has 25 heavy (non-hydrogen) atoms. The lowest BCUT2D eigenvalue weighted by Crippen LogP contribution is -2.21. The summed E-state index contributed by atoms with van der Waals surface area (Å²) in [4.78, 5) is 27.7. The first-order valence-corrected chi connectivity index (χ1v) is 8.40. The maximum absolute atomic E-state index is 13.9. The Morgan fingerprint density at radius 2 is 2.08 bits per heavy atom. The number of carboxylic acid groups (broad SMARTS) is 1. The molecule has 0 bridgehead atoms. The van der Waals surface area contributed by atoms with Crippen LogP contribution < -0.4 is 4.80 Å². The van der Waals surface area contributed by atoms with Gasteiger partial charge in [-0.3, -0.25) is 9.59 Å². The minimum atomic E-state index is -1.11. The molecule has 8 heteroatoms. The molecule has 0 unspecified atom stereocenters. The van der Waals surface area contributed by atoms with Gasteiger partial charge in [0.05, 0.1) is 10.2 Å². The number of thiazole rings is 1. The molecule has 0 aliphatic rings. The summed E-state index contributed by atoms with van der Waals surface area (Å²) in [5, 5.41) is 9.52. The molecule has 0 spiro atoms. The molecule has 0 saturated carbocycles. The van der Waals surface area contributed by atoms with Gasteiger partial charge in [-0.1, -0.05) is 29.0 Å². The number of halogens is 2. The number of aromatic nitrogens is 1. The zero-order valence-electron chi connectivity index (χ0n) is 13.0. The zero-order chi connectivity index (χ0) is 18.1. The number of rotatable bonds is 3. The van der Waals surface area contributed by atoms with E-state index in [0.717, 1.165) is 11.3 Å². The Bertz CT molecular complexity index is 1070. The van der Waals surface area contributed by atoms with Crippen molar-refractivity contribution in [3.63, 3.8) is 0 Å². The van der Waals surface area contributed by atoms with Crippen LogP contribution in [0.4, 0.5) is 4.39 Å². The summed E-state index contributed by atoms with van der Waals surface area (Å²) >= 11 is 7.00. The van der Waals surface area contributed by atoms with E-state index in [0.29, 0.717) is 20.8 Å². The van der Waals surface area contributed by atoms with Crippen molar-refractivity contribution in [1.82, 2.24) is 4.57 Å². The van der Waals surface area contributed by atoms with Crippen molar-refractivity contribution in [1.29, 1.82) is 0 Å². The maximum atomic E-state index is 13.9. The number of carbonyl (C=O) groups is 2. The van der Waals surface area contributed by atoms with E-state index in [1.807, 2.05) is 0 Å². The number of amides is 1. The molecule has 0 fully saturated rings. The van der Waals surface area contributed by atoms with Crippen LogP contribution >= 0.6 is 22.9 Å². The Hall–Kier alpha value is -2.51. The lowest BCUT2D eigenvalue weighted by atomic mass is 10.2. The van der Waals surface area contributed by atoms with Crippen molar-refractivity contribution in [2.45, 2.75) is 13.5 Å². The van der Waals surface area contributed by atoms with Crippen molar-refractivity contribution in [3.05, 3.63) is 63.2 Å². The molecule has 0 aliphatic carbocycles. The van der Waals surface area contributed by atoms with Crippen molar-refractivity contribution >= 4 is 45.0 Å². The average molecular weight is 379 g/mol. The van der Waals surface area contributed by atoms with Gasteiger partial charge in [-0.15, -0.1) is 0 Å². The topological polar surface area (TPSA) is 71.7 Å². The van der Waals surface area contributed by atoms with E-state index in [1.165, 1.54) is 16.7 Å². The Labute approximate surface area is 150 Å². The second kappa shape index (κ2) is 6.78. The van der Waals surface area contributed by atoms with E-state index in [-0.39, 0.29) is 10.4 Å². The highest BCUT2D eigenvalue weighted by molar-refractivity contribution is 7.16. The van der Waals surface area contributed by atoms with Gasteiger partial charge in [-0.25, -0.2) is 4.39 Å². The van der Waals surface area contributed by atoms with Crippen LogP contribution in [0.25, 0.3) is 10.2 Å². The van der Waals surface area contributed by atoms with E-state index in [9.17, 15) is 14.0 Å². The lowest BCUT2D eigenvalue weighted by molar-refractivity contribution is -0.137. The third kappa shape index (κ3) is 3.62. The summed E-state index contributed by atoms with van der Waals surface area (Å²) < 4.78 is 15.8. The van der Waals surface area contributed by atoms with Crippen LogP contribution in [0.5, 0.6) is 0 Å². The summed E-state index contributed by atoms with van der Waals surface area (Å²) in [6, 6.07) is 9.17. The van der Waals surface area contributed by atoms with Crippen LogP contribution in [0.15, 0.2) is 41.4 Å². The summed E-state index contributed by atoms with van der Waals surface area (Å²) in [5.41, 5.74) is 1.10. The third-order valence-corrected chi connectivity index (χ3v) is 4.80. The first-order chi connectivity index (χ1) is 11.8. The van der Waals surface area contributed by atoms with Crippen LogP contribution in [-0.4, -0.2) is 21.6 Å². The predicted molar refractivity (Wildman–Crippen MR) is 93.5 cm³/mol. The van der Waals surface area contributed by atoms with E-state index in [1.54, 1.807) is 31.2 Å². The SMILES string of the molecule is Cc1cc2s/c(=N\C(=O)c3cccc(Cl)c3)n(CC(=O)O)c2cc1F. The van der Waals surface area contributed by atoms with E-state index in [2.05, 4.69) is 4.99 Å². The number of nitrogens with zero attached hydrogens (tertiary/aromatic N) is 2. The fraction of sp³-hybridized carbons (Fsp3) is 0.118. The minimum Gasteiger partial charge on any atom is -0.480 e. The van der Waals surface area contributed by atoms with Gasteiger partial charge in [0.2, 0.25) is 0 Å². The Morgan fingerprint density at radius 3 is 2.76 bits per heavy atom. The normalized spacial score (nSPS) is 11.9. The van der Waals surface area contributed by atoms with Gasteiger partial charge >= 0.3 is 5.97 Å². The number of carboxylic acids is 1. The molecule has 0 saturated heterocycles. The number of hydrogen-bond donors (Lipinski definition) is 1. The predicted octanol–water partition coefficient (Wildman–Crippen LogP) is 3.63. The van der Waals surface area contributed by atoms with Gasteiger partial charge in [0.25, 0.3) is 5.91 Å². The molecule has 1 amide bonds. The van der Waals surface area contributed by atoms with Crippen molar-refractivity contribution < 1.29 is 19.1 Å². The monoisotopic (exact) mass is 378 g/mol. The largest absolute Gasteiger partial charge is 0.480 e. The van der Waals surface area contributed by atoms with Gasteiger partial charge in [0, 0.05) is 10.6 Å². The highest BCUT2D eigenvalue weighted by atomic mass is 35.5. The first-order valence-electron chi connectivity index (χ1n) is 7.21. The van der Waals surface area contributed by atoms with E-state index in [4.69, 9.17) is 16.7 Å². The van der Waals surface area contributed by atoms with Crippen molar-refractivity contribution in [2.75, 3.05) is 0 Å². The quantitative estimate of drug-likeness (QED) is 0.756. The first kappa shape index (κ1) is 17.3. The molecule has 1 heterocycles. The smallest absolute Gasteiger partial charge is 0.323 e. The summed E-state index contributed by atoms with van der Waals surface area (Å²) in [5.74, 6) is -2.11. The van der Waals surface area contributed by atoms with Crippen LogP contribution in [0.1, 0.15) is 15.9 Å².